The first-order chi connectivity index (χ1) is 5.66. The highest BCUT2D eigenvalue weighted by Gasteiger charge is 2.12. The molecule has 0 bridgehead atoms. The highest BCUT2D eigenvalue weighted by atomic mass is 79.9. The van der Waals surface area contributed by atoms with Crippen LogP contribution in [0, 0.1) is 5.82 Å². The van der Waals surface area contributed by atoms with Gasteiger partial charge in [0.05, 0.1) is 16.5 Å². The van der Waals surface area contributed by atoms with Crippen LogP contribution < -0.4 is 0 Å². The lowest BCUT2D eigenvalue weighted by molar-refractivity contribution is 0.197. The van der Waals surface area contributed by atoms with E-state index in [1.807, 2.05) is 0 Å². The van der Waals surface area contributed by atoms with Gasteiger partial charge < -0.3 is 5.11 Å². The van der Waals surface area contributed by atoms with Gasteiger partial charge in [-0.2, -0.15) is 0 Å². The zero-order valence-electron chi connectivity index (χ0n) is 6.10. The van der Waals surface area contributed by atoms with E-state index in [1.165, 1.54) is 6.07 Å². The Bertz CT molecular complexity index is 280. The Kier molecular flexibility index (Phi) is 3.50. The van der Waals surface area contributed by atoms with Crippen molar-refractivity contribution in [2.75, 3.05) is 5.88 Å². The number of alkyl halides is 1. The van der Waals surface area contributed by atoms with E-state index in [0.29, 0.717) is 4.47 Å². The van der Waals surface area contributed by atoms with E-state index in [9.17, 15) is 9.50 Å². The van der Waals surface area contributed by atoms with Crippen molar-refractivity contribution in [1.29, 1.82) is 0 Å². The van der Waals surface area contributed by atoms with Gasteiger partial charge in [-0.25, -0.2) is 4.39 Å². The van der Waals surface area contributed by atoms with Crippen LogP contribution in [0.5, 0.6) is 0 Å². The van der Waals surface area contributed by atoms with Gasteiger partial charge in [-0.1, -0.05) is 12.1 Å². The molecule has 0 aromatic heterocycles. The molecular weight excluding hydrogens is 246 g/mol. The monoisotopic (exact) mass is 252 g/mol. The number of benzene rings is 1. The molecule has 0 saturated carbocycles. The molecule has 0 saturated heterocycles. The van der Waals surface area contributed by atoms with Crippen molar-refractivity contribution in [3.63, 3.8) is 0 Å². The summed E-state index contributed by atoms with van der Waals surface area (Å²) in [4.78, 5) is 0. The topological polar surface area (TPSA) is 20.2 Å². The van der Waals surface area contributed by atoms with Crippen LogP contribution in [0.3, 0.4) is 0 Å². The third-order valence-electron chi connectivity index (χ3n) is 1.49. The minimum Gasteiger partial charge on any atom is -0.387 e. The lowest BCUT2D eigenvalue weighted by atomic mass is 10.1. The summed E-state index contributed by atoms with van der Waals surface area (Å²) in [6, 6.07) is 4.73. The van der Waals surface area contributed by atoms with Crippen LogP contribution in [0.1, 0.15) is 11.7 Å². The van der Waals surface area contributed by atoms with Gasteiger partial charge in [-0.05, 0) is 22.0 Å². The van der Waals surface area contributed by atoms with Gasteiger partial charge in [0, 0.05) is 5.56 Å². The summed E-state index contributed by atoms with van der Waals surface area (Å²) in [5.41, 5.74) is 0.222. The van der Waals surface area contributed by atoms with Crippen molar-refractivity contribution >= 4 is 27.5 Å². The molecule has 0 spiro atoms. The van der Waals surface area contributed by atoms with Gasteiger partial charge in [0.25, 0.3) is 0 Å². The summed E-state index contributed by atoms with van der Waals surface area (Å²) >= 11 is 8.39. The van der Waals surface area contributed by atoms with Gasteiger partial charge in [-0.3, -0.25) is 0 Å². The Morgan fingerprint density at radius 3 is 2.83 bits per heavy atom. The van der Waals surface area contributed by atoms with E-state index in [4.69, 9.17) is 11.6 Å². The number of hydrogen-bond acceptors (Lipinski definition) is 1. The predicted molar refractivity (Wildman–Crippen MR) is 49.8 cm³/mol. The van der Waals surface area contributed by atoms with Crippen LogP contribution in [0.2, 0.25) is 0 Å². The number of halogens is 3. The molecule has 0 aliphatic heterocycles. The molecular formula is C8H7BrClFO. The molecule has 0 heterocycles. The smallest absolute Gasteiger partial charge is 0.143 e. The summed E-state index contributed by atoms with van der Waals surface area (Å²) < 4.78 is 13.5. The highest BCUT2D eigenvalue weighted by molar-refractivity contribution is 9.10. The SMILES string of the molecule is OC(CCl)c1cccc(Br)c1F. The van der Waals surface area contributed by atoms with E-state index in [1.54, 1.807) is 12.1 Å². The van der Waals surface area contributed by atoms with Crippen LogP contribution in [0.15, 0.2) is 22.7 Å². The molecule has 1 aromatic rings. The maximum Gasteiger partial charge on any atom is 0.143 e. The van der Waals surface area contributed by atoms with Crippen molar-refractivity contribution in [1.82, 2.24) is 0 Å². The lowest BCUT2D eigenvalue weighted by Crippen LogP contribution is -2.01. The quantitative estimate of drug-likeness (QED) is 0.804. The normalized spacial score (nSPS) is 13.0. The summed E-state index contributed by atoms with van der Waals surface area (Å²) in [5, 5.41) is 9.24. The molecule has 1 aromatic carbocycles. The third-order valence-corrected chi connectivity index (χ3v) is 2.39. The Morgan fingerprint density at radius 1 is 1.58 bits per heavy atom. The van der Waals surface area contributed by atoms with E-state index >= 15 is 0 Å². The van der Waals surface area contributed by atoms with E-state index in [-0.39, 0.29) is 11.4 Å². The summed E-state index contributed by atoms with van der Waals surface area (Å²) in [5.74, 6) is -0.460. The van der Waals surface area contributed by atoms with Crippen LogP contribution in [-0.4, -0.2) is 11.0 Å². The molecule has 0 aliphatic rings. The Balaban J connectivity index is 3.07. The van der Waals surface area contributed by atoms with Crippen molar-refractivity contribution in [3.8, 4) is 0 Å². The number of rotatable bonds is 2. The first-order valence-corrected chi connectivity index (χ1v) is 4.67. The Labute approximate surface area is 83.3 Å². The minimum absolute atomic E-state index is 0.00657. The molecule has 1 N–H and O–H groups in total. The Morgan fingerprint density at radius 2 is 2.25 bits per heavy atom. The number of hydrogen-bond donors (Lipinski definition) is 1. The zero-order valence-corrected chi connectivity index (χ0v) is 8.44. The third kappa shape index (κ3) is 1.97. The molecule has 1 rings (SSSR count). The second kappa shape index (κ2) is 4.21. The van der Waals surface area contributed by atoms with Crippen molar-refractivity contribution < 1.29 is 9.50 Å². The van der Waals surface area contributed by atoms with Crippen LogP contribution in [0.25, 0.3) is 0 Å². The highest BCUT2D eigenvalue weighted by Crippen LogP contribution is 2.24. The maximum atomic E-state index is 13.2. The predicted octanol–water partition coefficient (Wildman–Crippen LogP) is 2.86. The van der Waals surface area contributed by atoms with E-state index < -0.39 is 11.9 Å². The largest absolute Gasteiger partial charge is 0.387 e. The zero-order chi connectivity index (χ0) is 9.14. The average Bonchev–Trinajstić information content (AvgIpc) is 2.08. The van der Waals surface area contributed by atoms with Crippen molar-refractivity contribution in [2.45, 2.75) is 6.10 Å². The molecule has 0 amide bonds. The fourth-order valence-electron chi connectivity index (χ4n) is 0.861. The number of aliphatic hydroxyl groups excluding tert-OH is 1. The first kappa shape index (κ1) is 9.96. The average molecular weight is 253 g/mol. The van der Waals surface area contributed by atoms with Gasteiger partial charge in [0.15, 0.2) is 0 Å². The molecule has 0 fully saturated rings. The van der Waals surface area contributed by atoms with Crippen LogP contribution in [0.4, 0.5) is 4.39 Å². The van der Waals surface area contributed by atoms with Gasteiger partial charge in [0.1, 0.15) is 5.82 Å². The molecule has 1 nitrogen and oxygen atoms in total. The van der Waals surface area contributed by atoms with E-state index in [2.05, 4.69) is 15.9 Å². The molecule has 0 radical (unpaired) electrons. The lowest BCUT2D eigenvalue weighted by Gasteiger charge is -2.08. The molecule has 12 heavy (non-hydrogen) atoms. The van der Waals surface area contributed by atoms with Crippen LogP contribution >= 0.6 is 27.5 Å². The molecule has 4 heteroatoms. The molecule has 0 aliphatic carbocycles. The summed E-state index contributed by atoms with van der Waals surface area (Å²) in [6.07, 6.45) is -0.941. The fraction of sp³-hybridized carbons (Fsp3) is 0.250. The van der Waals surface area contributed by atoms with Crippen LogP contribution in [-0.2, 0) is 0 Å². The standard InChI is InChI=1S/C8H7BrClFO/c9-6-3-1-2-5(8(6)11)7(12)4-10/h1-3,7,12H,4H2. The molecule has 1 unspecified atom stereocenters. The second-order valence-electron chi connectivity index (χ2n) is 2.31. The molecule has 66 valence electrons. The summed E-state index contributed by atoms with van der Waals surface area (Å²) in [6.45, 7) is 0. The van der Waals surface area contributed by atoms with E-state index in [0.717, 1.165) is 0 Å². The van der Waals surface area contributed by atoms with Gasteiger partial charge >= 0.3 is 0 Å². The molecule has 1 atom stereocenters. The minimum atomic E-state index is -0.941. The summed E-state index contributed by atoms with van der Waals surface area (Å²) in [7, 11) is 0. The van der Waals surface area contributed by atoms with Crippen molar-refractivity contribution in [3.05, 3.63) is 34.1 Å². The fourth-order valence-corrected chi connectivity index (χ4v) is 1.41. The number of aliphatic hydroxyl groups is 1. The maximum absolute atomic E-state index is 13.2. The second-order valence-corrected chi connectivity index (χ2v) is 3.48. The Hall–Kier alpha value is -0.120. The first-order valence-electron chi connectivity index (χ1n) is 3.34. The van der Waals surface area contributed by atoms with Crippen molar-refractivity contribution in [2.24, 2.45) is 0 Å². The van der Waals surface area contributed by atoms with Gasteiger partial charge in [0.2, 0.25) is 0 Å². The van der Waals surface area contributed by atoms with Gasteiger partial charge in [-0.15, -0.1) is 11.6 Å².